The van der Waals surface area contributed by atoms with E-state index in [1.54, 1.807) is 23.0 Å². The molecule has 3 nitrogen and oxygen atoms in total. The number of nitrogens with zero attached hydrogens (tertiary/aromatic N) is 2. The maximum absolute atomic E-state index is 11.5. The van der Waals surface area contributed by atoms with Crippen molar-refractivity contribution in [3.8, 4) is 5.69 Å². The average Bonchev–Trinajstić information content (AvgIpc) is 2.63. The van der Waals surface area contributed by atoms with E-state index in [9.17, 15) is 4.79 Å². The quantitative estimate of drug-likeness (QED) is 0.749. The van der Waals surface area contributed by atoms with E-state index < -0.39 is 0 Å². The molecule has 0 aliphatic heterocycles. The fourth-order valence-corrected chi connectivity index (χ4v) is 1.90. The van der Waals surface area contributed by atoms with Gasteiger partial charge in [-0.3, -0.25) is 4.79 Å². The third kappa shape index (κ3) is 1.86. The van der Waals surface area contributed by atoms with E-state index in [2.05, 4.69) is 5.10 Å². The predicted octanol–water partition coefficient (Wildman–Crippen LogP) is 3.04. The summed E-state index contributed by atoms with van der Waals surface area (Å²) < 4.78 is 1.66. The first-order chi connectivity index (χ1) is 7.59. The molecule has 0 saturated carbocycles. The van der Waals surface area contributed by atoms with Crippen LogP contribution in [-0.2, 0) is 0 Å². The van der Waals surface area contributed by atoms with Gasteiger partial charge in [-0.05, 0) is 31.5 Å². The number of hydrogen-bond donors (Lipinski definition) is 0. The molecule has 4 heteroatoms. The first-order valence-electron chi connectivity index (χ1n) is 4.90. The van der Waals surface area contributed by atoms with Crippen LogP contribution in [0.1, 0.15) is 22.8 Å². The second-order valence-corrected chi connectivity index (χ2v) is 4.06. The van der Waals surface area contributed by atoms with Crippen molar-refractivity contribution in [1.82, 2.24) is 9.78 Å². The van der Waals surface area contributed by atoms with Gasteiger partial charge in [-0.15, -0.1) is 0 Å². The van der Waals surface area contributed by atoms with E-state index in [0.717, 1.165) is 5.56 Å². The molecule has 0 amide bonds. The average molecular weight is 235 g/mol. The highest BCUT2D eigenvalue weighted by Crippen LogP contribution is 2.23. The maximum Gasteiger partial charge on any atom is 0.163 e. The summed E-state index contributed by atoms with van der Waals surface area (Å²) in [6.45, 7) is 3.45. The van der Waals surface area contributed by atoms with Crippen LogP contribution in [0.4, 0.5) is 0 Å². The van der Waals surface area contributed by atoms with Gasteiger partial charge in [-0.1, -0.05) is 17.7 Å². The van der Waals surface area contributed by atoms with E-state index >= 15 is 0 Å². The minimum atomic E-state index is -0.0613. The van der Waals surface area contributed by atoms with Crippen molar-refractivity contribution in [2.75, 3.05) is 0 Å². The van der Waals surface area contributed by atoms with Crippen molar-refractivity contribution in [2.24, 2.45) is 0 Å². The second kappa shape index (κ2) is 4.10. The van der Waals surface area contributed by atoms with Crippen molar-refractivity contribution < 1.29 is 4.79 Å². The van der Waals surface area contributed by atoms with Crippen LogP contribution in [0.2, 0.25) is 5.02 Å². The molecule has 0 saturated heterocycles. The van der Waals surface area contributed by atoms with E-state index in [1.165, 1.54) is 6.92 Å². The minimum absolute atomic E-state index is 0.0613. The van der Waals surface area contributed by atoms with Crippen molar-refractivity contribution in [3.63, 3.8) is 0 Å². The number of aromatic nitrogens is 2. The molecule has 1 heterocycles. The van der Waals surface area contributed by atoms with Gasteiger partial charge < -0.3 is 0 Å². The van der Waals surface area contributed by atoms with Crippen LogP contribution < -0.4 is 0 Å². The number of carbonyl (C=O) groups is 1. The van der Waals surface area contributed by atoms with Crippen LogP contribution in [0.15, 0.2) is 30.6 Å². The molecule has 0 aliphatic rings. The Bertz CT molecular complexity index is 546. The summed E-state index contributed by atoms with van der Waals surface area (Å²) in [6.07, 6.45) is 3.60. The lowest BCUT2D eigenvalue weighted by atomic mass is 10.1. The van der Waals surface area contributed by atoms with Crippen LogP contribution in [0.3, 0.4) is 0 Å². The SMILES string of the molecule is CC(=O)c1c(Cl)cccc1-n1cc(C)cn1. The molecule has 0 aliphatic carbocycles. The number of ketones is 1. The molecule has 1 aromatic heterocycles. The van der Waals surface area contributed by atoms with Crippen molar-refractivity contribution in [2.45, 2.75) is 13.8 Å². The van der Waals surface area contributed by atoms with Gasteiger partial charge >= 0.3 is 0 Å². The molecule has 16 heavy (non-hydrogen) atoms. The molecule has 82 valence electrons. The standard InChI is InChI=1S/C12H11ClN2O/c1-8-6-14-15(7-8)11-5-3-4-10(13)12(11)9(2)16/h3-7H,1-2H3. The lowest BCUT2D eigenvalue weighted by molar-refractivity contribution is 0.101. The fraction of sp³-hybridized carbons (Fsp3) is 0.167. The van der Waals surface area contributed by atoms with E-state index in [0.29, 0.717) is 16.3 Å². The van der Waals surface area contributed by atoms with Crippen molar-refractivity contribution in [3.05, 3.63) is 46.7 Å². The van der Waals surface area contributed by atoms with Gasteiger partial charge in [-0.2, -0.15) is 5.10 Å². The summed E-state index contributed by atoms with van der Waals surface area (Å²) in [5, 5.41) is 4.63. The Morgan fingerprint density at radius 2 is 2.19 bits per heavy atom. The molecular formula is C12H11ClN2O. The zero-order valence-electron chi connectivity index (χ0n) is 9.07. The Morgan fingerprint density at radius 1 is 1.44 bits per heavy atom. The van der Waals surface area contributed by atoms with Crippen LogP contribution in [-0.4, -0.2) is 15.6 Å². The lowest BCUT2D eigenvalue weighted by Gasteiger charge is -2.08. The summed E-state index contributed by atoms with van der Waals surface area (Å²) in [6, 6.07) is 5.34. The highest BCUT2D eigenvalue weighted by Gasteiger charge is 2.13. The van der Waals surface area contributed by atoms with Crippen LogP contribution >= 0.6 is 11.6 Å². The topological polar surface area (TPSA) is 34.9 Å². The fourth-order valence-electron chi connectivity index (χ4n) is 1.60. The molecular weight excluding hydrogens is 224 g/mol. The number of hydrogen-bond acceptors (Lipinski definition) is 2. The maximum atomic E-state index is 11.5. The van der Waals surface area contributed by atoms with E-state index in [1.807, 2.05) is 19.2 Å². The zero-order valence-corrected chi connectivity index (χ0v) is 9.82. The minimum Gasteiger partial charge on any atom is -0.294 e. The highest BCUT2D eigenvalue weighted by atomic mass is 35.5. The van der Waals surface area contributed by atoms with E-state index in [-0.39, 0.29) is 5.78 Å². The number of aryl methyl sites for hydroxylation is 1. The summed E-state index contributed by atoms with van der Waals surface area (Å²) >= 11 is 6.02. The molecule has 1 aromatic carbocycles. The number of rotatable bonds is 2. The molecule has 0 spiro atoms. The Balaban J connectivity index is 2.65. The lowest BCUT2D eigenvalue weighted by Crippen LogP contribution is -2.04. The van der Waals surface area contributed by atoms with Gasteiger partial charge in [0.25, 0.3) is 0 Å². The third-order valence-corrected chi connectivity index (χ3v) is 2.62. The number of carbonyl (C=O) groups excluding carboxylic acids is 1. The predicted molar refractivity (Wildman–Crippen MR) is 63.3 cm³/mol. The zero-order chi connectivity index (χ0) is 11.7. The van der Waals surface area contributed by atoms with E-state index in [4.69, 9.17) is 11.6 Å². The molecule has 2 aromatic rings. The smallest absolute Gasteiger partial charge is 0.163 e. The Morgan fingerprint density at radius 3 is 2.75 bits per heavy atom. The van der Waals surface area contributed by atoms with Gasteiger partial charge in [-0.25, -0.2) is 4.68 Å². The van der Waals surface area contributed by atoms with Gasteiger partial charge in [0.1, 0.15) is 0 Å². The summed E-state index contributed by atoms with van der Waals surface area (Å²) in [7, 11) is 0. The normalized spacial score (nSPS) is 10.4. The molecule has 0 atom stereocenters. The first-order valence-corrected chi connectivity index (χ1v) is 5.28. The monoisotopic (exact) mass is 234 g/mol. The summed E-state index contributed by atoms with van der Waals surface area (Å²) in [5.74, 6) is -0.0613. The Hall–Kier alpha value is -1.61. The number of benzene rings is 1. The molecule has 0 bridgehead atoms. The Kier molecular flexibility index (Phi) is 2.79. The van der Waals surface area contributed by atoms with Crippen molar-refractivity contribution >= 4 is 17.4 Å². The summed E-state index contributed by atoms with van der Waals surface area (Å²) in [4.78, 5) is 11.5. The van der Waals surface area contributed by atoms with Crippen molar-refractivity contribution in [1.29, 1.82) is 0 Å². The third-order valence-electron chi connectivity index (χ3n) is 2.30. The molecule has 2 rings (SSSR count). The van der Waals surface area contributed by atoms with Gasteiger partial charge in [0.15, 0.2) is 5.78 Å². The number of Topliss-reactive ketones (excluding diaryl/α,β-unsaturated/α-hetero) is 1. The van der Waals surface area contributed by atoms with Crippen LogP contribution in [0.25, 0.3) is 5.69 Å². The molecule has 0 unspecified atom stereocenters. The van der Waals surface area contributed by atoms with Gasteiger partial charge in [0.2, 0.25) is 0 Å². The molecule has 0 radical (unpaired) electrons. The first kappa shape index (κ1) is 10.9. The van der Waals surface area contributed by atoms with Gasteiger partial charge in [0.05, 0.1) is 22.5 Å². The Labute approximate surface area is 98.7 Å². The second-order valence-electron chi connectivity index (χ2n) is 3.65. The summed E-state index contributed by atoms with van der Waals surface area (Å²) in [5.41, 5.74) is 2.26. The van der Waals surface area contributed by atoms with Gasteiger partial charge in [0, 0.05) is 6.20 Å². The number of halogens is 1. The van der Waals surface area contributed by atoms with Crippen LogP contribution in [0, 0.1) is 6.92 Å². The molecule has 0 N–H and O–H groups in total. The highest BCUT2D eigenvalue weighted by molar-refractivity contribution is 6.34. The largest absolute Gasteiger partial charge is 0.294 e. The van der Waals surface area contributed by atoms with Crippen LogP contribution in [0.5, 0.6) is 0 Å². The molecule has 0 fully saturated rings.